The van der Waals surface area contributed by atoms with E-state index in [1.165, 1.54) is 12.2 Å². The van der Waals surface area contributed by atoms with Crippen LogP contribution in [0.1, 0.15) is 65.2 Å². The molecule has 1 aliphatic rings. The number of imide groups is 2. The summed E-state index contributed by atoms with van der Waals surface area (Å²) in [5.41, 5.74) is 0. The molecule has 1 saturated heterocycles. The summed E-state index contributed by atoms with van der Waals surface area (Å²) in [6, 6.07) is -1.16. The fraction of sp³-hybridized carbons (Fsp3) is 0.750. The Morgan fingerprint density at radius 3 is 1.46 bits per heavy atom. The van der Waals surface area contributed by atoms with E-state index < -0.39 is 24.4 Å². The SMILES string of the molecule is CCCCCC(N=C=O)N1C(=O)N(C(CCCCC)N=C=O)C1=O. The van der Waals surface area contributed by atoms with Crippen LogP contribution in [0, 0.1) is 0 Å². The van der Waals surface area contributed by atoms with Gasteiger partial charge in [-0.25, -0.2) is 29.0 Å². The third-order valence-electron chi connectivity index (χ3n) is 3.96. The molecule has 0 aromatic heterocycles. The van der Waals surface area contributed by atoms with Crippen molar-refractivity contribution in [3.8, 4) is 0 Å². The van der Waals surface area contributed by atoms with Crippen LogP contribution in [0.3, 0.4) is 0 Å². The Morgan fingerprint density at radius 2 is 1.17 bits per heavy atom. The highest BCUT2D eigenvalue weighted by Gasteiger charge is 2.50. The first-order valence-corrected chi connectivity index (χ1v) is 8.42. The number of hydrogen-bond donors (Lipinski definition) is 0. The van der Waals surface area contributed by atoms with Crippen LogP contribution in [0.2, 0.25) is 0 Å². The predicted octanol–water partition coefficient (Wildman–Crippen LogP) is 3.33. The average molecular weight is 336 g/mol. The monoisotopic (exact) mass is 336 g/mol. The summed E-state index contributed by atoms with van der Waals surface area (Å²) < 4.78 is 0. The maximum absolute atomic E-state index is 12.3. The number of aliphatic imine (C=N–C) groups is 2. The lowest BCUT2D eigenvalue weighted by Gasteiger charge is -2.43. The number of carbonyl (C=O) groups is 2. The Morgan fingerprint density at radius 1 is 0.792 bits per heavy atom. The largest absolute Gasteiger partial charge is 0.339 e. The fourth-order valence-electron chi connectivity index (χ4n) is 2.64. The van der Waals surface area contributed by atoms with Crippen LogP contribution < -0.4 is 0 Å². The zero-order chi connectivity index (χ0) is 17.9. The van der Waals surface area contributed by atoms with E-state index in [2.05, 4.69) is 9.98 Å². The van der Waals surface area contributed by atoms with Crippen molar-refractivity contribution >= 4 is 24.2 Å². The molecule has 0 atom stereocenters. The minimum absolute atomic E-state index is 0.422. The number of hydrogen-bond acceptors (Lipinski definition) is 6. The molecule has 0 N–H and O–H groups in total. The molecular formula is C16H24N4O4. The van der Waals surface area contributed by atoms with Gasteiger partial charge in [0.25, 0.3) is 0 Å². The van der Waals surface area contributed by atoms with Gasteiger partial charge in [0, 0.05) is 0 Å². The van der Waals surface area contributed by atoms with Gasteiger partial charge in [-0.3, -0.25) is 0 Å². The summed E-state index contributed by atoms with van der Waals surface area (Å²) in [5, 5.41) is 0. The summed E-state index contributed by atoms with van der Waals surface area (Å²) in [7, 11) is 0. The standard InChI is InChI=1S/C16H24N4O4/c1-3-5-7-9-13(17-11-21)19-15(23)20(16(19)24)14(18-12-22)10-8-6-4-2/h13-14H,3-10H2,1-2H3. The quantitative estimate of drug-likeness (QED) is 0.310. The van der Waals surface area contributed by atoms with Gasteiger partial charge in [0.1, 0.15) is 12.3 Å². The van der Waals surface area contributed by atoms with Crippen molar-refractivity contribution in [3.63, 3.8) is 0 Å². The highest BCUT2D eigenvalue weighted by Crippen LogP contribution is 2.27. The molecule has 1 rings (SSSR count). The summed E-state index contributed by atoms with van der Waals surface area (Å²) in [4.78, 5) is 54.8. The molecular weight excluding hydrogens is 312 g/mol. The first-order chi connectivity index (χ1) is 11.6. The molecule has 0 aliphatic carbocycles. The second-order valence-corrected chi connectivity index (χ2v) is 5.70. The van der Waals surface area contributed by atoms with E-state index >= 15 is 0 Å². The number of isocyanates is 2. The van der Waals surface area contributed by atoms with Crippen molar-refractivity contribution in [1.82, 2.24) is 9.80 Å². The first kappa shape index (κ1) is 19.7. The number of nitrogens with zero attached hydrogens (tertiary/aromatic N) is 4. The third kappa shape index (κ3) is 4.85. The van der Waals surface area contributed by atoms with E-state index in [0.29, 0.717) is 12.8 Å². The lowest BCUT2D eigenvalue weighted by molar-refractivity contribution is 0.0694. The molecule has 0 aromatic rings. The predicted molar refractivity (Wildman–Crippen MR) is 86.6 cm³/mol. The van der Waals surface area contributed by atoms with Crippen LogP contribution in [0.5, 0.6) is 0 Å². The third-order valence-corrected chi connectivity index (χ3v) is 3.96. The van der Waals surface area contributed by atoms with Crippen molar-refractivity contribution in [1.29, 1.82) is 0 Å². The topological polar surface area (TPSA) is 99.5 Å². The van der Waals surface area contributed by atoms with E-state index in [1.54, 1.807) is 0 Å². The second kappa shape index (κ2) is 10.5. The van der Waals surface area contributed by atoms with Crippen LogP contribution in [0.15, 0.2) is 9.98 Å². The highest BCUT2D eigenvalue weighted by atomic mass is 16.2. The summed E-state index contributed by atoms with van der Waals surface area (Å²) in [5.74, 6) is 0. The van der Waals surface area contributed by atoms with Gasteiger partial charge >= 0.3 is 12.1 Å². The molecule has 24 heavy (non-hydrogen) atoms. The van der Waals surface area contributed by atoms with Crippen molar-refractivity contribution < 1.29 is 19.2 Å². The number of unbranched alkanes of at least 4 members (excludes halogenated alkanes) is 4. The molecule has 1 fully saturated rings. The van der Waals surface area contributed by atoms with Gasteiger partial charge in [-0.2, -0.15) is 9.98 Å². The lowest BCUT2D eigenvalue weighted by atomic mass is 10.1. The van der Waals surface area contributed by atoms with Gasteiger partial charge in [-0.15, -0.1) is 0 Å². The van der Waals surface area contributed by atoms with E-state index in [1.807, 2.05) is 13.8 Å². The molecule has 4 amide bonds. The minimum Gasteiger partial charge on any atom is -0.247 e. The van der Waals surface area contributed by atoms with E-state index in [-0.39, 0.29) is 0 Å². The van der Waals surface area contributed by atoms with Gasteiger partial charge in [-0.05, 0) is 25.7 Å². The smallest absolute Gasteiger partial charge is 0.247 e. The Hall–Kier alpha value is -2.30. The molecule has 0 radical (unpaired) electrons. The molecule has 8 nitrogen and oxygen atoms in total. The average Bonchev–Trinajstić information content (AvgIpc) is 2.56. The summed E-state index contributed by atoms with van der Waals surface area (Å²) in [6.07, 6.45) is 7.29. The van der Waals surface area contributed by atoms with Crippen LogP contribution in [0.25, 0.3) is 0 Å². The first-order valence-electron chi connectivity index (χ1n) is 8.42. The van der Waals surface area contributed by atoms with Crippen LogP contribution >= 0.6 is 0 Å². The number of amides is 4. The number of rotatable bonds is 12. The minimum atomic E-state index is -0.832. The molecule has 0 bridgehead atoms. The van der Waals surface area contributed by atoms with E-state index in [9.17, 15) is 19.2 Å². The van der Waals surface area contributed by atoms with Crippen molar-refractivity contribution in [3.05, 3.63) is 0 Å². The van der Waals surface area contributed by atoms with Crippen molar-refractivity contribution in [2.24, 2.45) is 9.98 Å². The summed E-state index contributed by atoms with van der Waals surface area (Å²) >= 11 is 0. The van der Waals surface area contributed by atoms with Gasteiger partial charge in [-0.1, -0.05) is 39.5 Å². The normalized spacial score (nSPS) is 16.1. The van der Waals surface area contributed by atoms with Gasteiger partial charge in [0.2, 0.25) is 12.2 Å². The van der Waals surface area contributed by atoms with Crippen LogP contribution in [0.4, 0.5) is 9.59 Å². The maximum atomic E-state index is 12.3. The Balaban J connectivity index is 2.78. The lowest BCUT2D eigenvalue weighted by Crippen LogP contribution is -2.69. The fourth-order valence-corrected chi connectivity index (χ4v) is 2.64. The van der Waals surface area contributed by atoms with Gasteiger partial charge < -0.3 is 0 Å². The molecule has 0 spiro atoms. The Labute approximate surface area is 141 Å². The maximum Gasteiger partial charge on any atom is 0.339 e. The van der Waals surface area contributed by atoms with Crippen LogP contribution in [-0.2, 0) is 9.59 Å². The zero-order valence-corrected chi connectivity index (χ0v) is 14.2. The number of carbonyl (C=O) groups excluding carboxylic acids is 4. The molecule has 0 saturated carbocycles. The van der Waals surface area contributed by atoms with Crippen molar-refractivity contribution in [2.45, 2.75) is 77.5 Å². The summed E-state index contributed by atoms with van der Waals surface area (Å²) in [6.45, 7) is 4.05. The Kier molecular flexibility index (Phi) is 8.61. The molecule has 0 unspecified atom stereocenters. The molecule has 0 aromatic carbocycles. The van der Waals surface area contributed by atoms with Gasteiger partial charge in [0.05, 0.1) is 0 Å². The Bertz CT molecular complexity index is 478. The molecule has 1 heterocycles. The molecule has 132 valence electrons. The number of urea groups is 2. The highest BCUT2D eigenvalue weighted by molar-refractivity contribution is 6.12. The van der Waals surface area contributed by atoms with Gasteiger partial charge in [0.15, 0.2) is 0 Å². The van der Waals surface area contributed by atoms with E-state index in [4.69, 9.17) is 0 Å². The molecule has 8 heteroatoms. The second-order valence-electron chi connectivity index (χ2n) is 5.70. The van der Waals surface area contributed by atoms with E-state index in [0.717, 1.165) is 48.3 Å². The zero-order valence-electron chi connectivity index (χ0n) is 14.2. The molecule has 1 aliphatic heterocycles. The van der Waals surface area contributed by atoms with Crippen LogP contribution in [-0.4, -0.2) is 46.4 Å². The van der Waals surface area contributed by atoms with Crippen molar-refractivity contribution in [2.75, 3.05) is 0 Å².